The normalized spacial score (nSPS) is 12.0. The van der Waals surface area contributed by atoms with Gasteiger partial charge >= 0.3 is 0 Å². The van der Waals surface area contributed by atoms with Gasteiger partial charge in [-0.25, -0.2) is 22.4 Å². The summed E-state index contributed by atoms with van der Waals surface area (Å²) in [5, 5.41) is -0.650. The maximum absolute atomic E-state index is 13.0. The molecule has 0 radical (unpaired) electrons. The van der Waals surface area contributed by atoms with Crippen molar-refractivity contribution >= 4 is 27.0 Å². The van der Waals surface area contributed by atoms with E-state index in [0.29, 0.717) is 22.6 Å². The molecule has 2 aromatic carbocycles. The number of aromatic amines is 1. The quantitative estimate of drug-likeness (QED) is 0.405. The fraction of sp³-hybridized carbons (Fsp3) is 0.125. The Morgan fingerprint density at radius 1 is 0.939 bits per heavy atom. The summed E-state index contributed by atoms with van der Waals surface area (Å²) in [6.45, 7) is 3.23. The fourth-order valence-corrected chi connectivity index (χ4v) is 4.88. The zero-order chi connectivity index (χ0) is 23.2. The van der Waals surface area contributed by atoms with Crippen molar-refractivity contribution in [1.82, 2.24) is 23.9 Å². The van der Waals surface area contributed by atoms with E-state index in [-0.39, 0.29) is 5.95 Å². The van der Waals surface area contributed by atoms with Gasteiger partial charge in [0.05, 0.1) is 27.7 Å². The average molecular weight is 459 g/mol. The van der Waals surface area contributed by atoms with E-state index in [1.54, 1.807) is 38.4 Å². The van der Waals surface area contributed by atoms with Gasteiger partial charge in [-0.05, 0) is 38.1 Å². The zero-order valence-electron chi connectivity index (χ0n) is 18.1. The number of fused-ring (bicyclic) bond motifs is 1. The lowest BCUT2D eigenvalue weighted by atomic mass is 10.0. The number of nitrogens with one attached hydrogen (secondary N) is 1. The van der Waals surface area contributed by atoms with E-state index in [1.165, 1.54) is 0 Å². The Morgan fingerprint density at radius 3 is 2.39 bits per heavy atom. The number of imidazole rings is 2. The number of nitrogens with two attached hydrogens (primary N) is 1. The number of benzene rings is 2. The summed E-state index contributed by atoms with van der Waals surface area (Å²) < 4.78 is 27.1. The third-order valence-electron chi connectivity index (χ3n) is 5.46. The topological polar surface area (TPSA) is 120 Å². The molecule has 3 N–H and O–H groups in total. The van der Waals surface area contributed by atoms with Crippen LogP contribution in [0.4, 0.5) is 5.95 Å². The summed E-state index contributed by atoms with van der Waals surface area (Å²) in [4.78, 5) is 16.7. The molecular weight excluding hydrogens is 436 g/mol. The van der Waals surface area contributed by atoms with Crippen LogP contribution < -0.4 is 5.73 Å². The van der Waals surface area contributed by atoms with E-state index in [0.717, 1.165) is 26.4 Å². The predicted octanol–water partition coefficient (Wildman–Crippen LogP) is 4.32. The molecule has 0 spiro atoms. The smallest absolute Gasteiger partial charge is 0.244 e. The monoisotopic (exact) mass is 458 g/mol. The molecular formula is C24H22N6O2S. The number of nitrogens with zero attached hydrogens (tertiary/aromatic N) is 4. The molecule has 0 amide bonds. The predicted molar refractivity (Wildman–Crippen MR) is 130 cm³/mol. The maximum Gasteiger partial charge on any atom is 0.244 e. The molecule has 33 heavy (non-hydrogen) atoms. The molecule has 5 rings (SSSR count). The molecule has 0 saturated heterocycles. The van der Waals surface area contributed by atoms with Crippen molar-refractivity contribution < 1.29 is 8.42 Å². The van der Waals surface area contributed by atoms with Gasteiger partial charge in [0.15, 0.2) is 0 Å². The van der Waals surface area contributed by atoms with Crippen LogP contribution in [0.3, 0.4) is 0 Å². The van der Waals surface area contributed by atoms with Gasteiger partial charge < -0.3 is 10.7 Å². The van der Waals surface area contributed by atoms with Crippen LogP contribution in [0.5, 0.6) is 0 Å². The van der Waals surface area contributed by atoms with Gasteiger partial charge in [0, 0.05) is 29.1 Å². The SMILES string of the molecule is CC(C)S(=O)(=O)n1c(N)nc2ccc(-c3nc(-c4cccnc4)[nH]c3-c3ccccc3)cc21. The number of anilines is 1. The van der Waals surface area contributed by atoms with E-state index in [4.69, 9.17) is 10.7 Å². The van der Waals surface area contributed by atoms with Crippen molar-refractivity contribution in [2.24, 2.45) is 0 Å². The standard InChI is InChI=1S/C24H22N6O2S/c1-15(2)33(31,32)30-20-13-17(10-11-19(20)27-24(30)25)22-21(16-7-4-3-5-8-16)28-23(29-22)18-9-6-12-26-14-18/h3-15H,1-2H3,(H2,25,27)(H,28,29). The Hall–Kier alpha value is -3.98. The molecule has 3 aromatic heterocycles. The van der Waals surface area contributed by atoms with Crippen LogP contribution in [0, 0.1) is 0 Å². The summed E-state index contributed by atoms with van der Waals surface area (Å²) in [5.74, 6) is 0.608. The van der Waals surface area contributed by atoms with Gasteiger partial charge in [0.25, 0.3) is 0 Å². The summed E-state index contributed by atoms with van der Waals surface area (Å²) in [5.41, 5.74) is 11.0. The van der Waals surface area contributed by atoms with Gasteiger partial charge in [-0.3, -0.25) is 4.98 Å². The summed E-state index contributed by atoms with van der Waals surface area (Å²) in [6, 6.07) is 19.0. The maximum atomic E-state index is 13.0. The van der Waals surface area contributed by atoms with E-state index < -0.39 is 15.3 Å². The van der Waals surface area contributed by atoms with Gasteiger partial charge in [-0.15, -0.1) is 0 Å². The molecule has 166 valence electrons. The summed E-state index contributed by atoms with van der Waals surface area (Å²) in [6.07, 6.45) is 3.45. The van der Waals surface area contributed by atoms with E-state index in [2.05, 4.69) is 15.0 Å². The second kappa shape index (κ2) is 7.86. The molecule has 9 heteroatoms. The van der Waals surface area contributed by atoms with Crippen molar-refractivity contribution in [3.8, 4) is 33.9 Å². The minimum absolute atomic E-state index is 0.0581. The van der Waals surface area contributed by atoms with Gasteiger partial charge in [-0.2, -0.15) is 0 Å². The van der Waals surface area contributed by atoms with Gasteiger partial charge in [0.2, 0.25) is 16.0 Å². The number of H-pyrrole nitrogens is 1. The molecule has 0 aliphatic heterocycles. The third-order valence-corrected chi connectivity index (χ3v) is 7.55. The molecule has 5 aromatic rings. The molecule has 0 bridgehead atoms. The Balaban J connectivity index is 1.75. The lowest BCUT2D eigenvalue weighted by Gasteiger charge is -2.11. The lowest BCUT2D eigenvalue weighted by molar-refractivity contribution is 0.580. The van der Waals surface area contributed by atoms with Crippen LogP contribution >= 0.6 is 0 Å². The molecule has 0 aliphatic carbocycles. The molecule has 0 aliphatic rings. The minimum atomic E-state index is -3.70. The highest BCUT2D eigenvalue weighted by Gasteiger charge is 2.25. The molecule has 3 heterocycles. The third kappa shape index (κ3) is 3.56. The Kier molecular flexibility index (Phi) is 4.98. The van der Waals surface area contributed by atoms with Crippen LogP contribution in [0.15, 0.2) is 73.1 Å². The van der Waals surface area contributed by atoms with Crippen molar-refractivity contribution in [2.45, 2.75) is 19.1 Å². The molecule has 0 saturated carbocycles. The minimum Gasteiger partial charge on any atom is -0.368 e. The van der Waals surface area contributed by atoms with Crippen molar-refractivity contribution in [1.29, 1.82) is 0 Å². The van der Waals surface area contributed by atoms with Gasteiger partial charge in [-0.1, -0.05) is 36.4 Å². The number of pyridine rings is 1. The Bertz CT molecular complexity index is 1560. The lowest BCUT2D eigenvalue weighted by Crippen LogP contribution is -2.23. The first-order valence-corrected chi connectivity index (χ1v) is 11.9. The average Bonchev–Trinajstić information content (AvgIpc) is 3.41. The zero-order valence-corrected chi connectivity index (χ0v) is 18.9. The van der Waals surface area contributed by atoms with Crippen LogP contribution in [-0.2, 0) is 10.0 Å². The molecule has 0 unspecified atom stereocenters. The highest BCUT2D eigenvalue weighted by molar-refractivity contribution is 7.90. The van der Waals surface area contributed by atoms with Crippen LogP contribution in [0.25, 0.3) is 44.9 Å². The van der Waals surface area contributed by atoms with E-state index in [9.17, 15) is 8.42 Å². The first kappa shape index (κ1) is 20.9. The number of rotatable bonds is 5. The van der Waals surface area contributed by atoms with E-state index >= 15 is 0 Å². The highest BCUT2D eigenvalue weighted by Crippen LogP contribution is 2.35. The Labute approximate surface area is 191 Å². The van der Waals surface area contributed by atoms with Crippen LogP contribution in [0.2, 0.25) is 0 Å². The van der Waals surface area contributed by atoms with Crippen molar-refractivity contribution in [3.63, 3.8) is 0 Å². The first-order chi connectivity index (χ1) is 15.9. The van der Waals surface area contributed by atoms with Crippen molar-refractivity contribution in [3.05, 3.63) is 73.1 Å². The number of aromatic nitrogens is 5. The molecule has 8 nitrogen and oxygen atoms in total. The second-order valence-electron chi connectivity index (χ2n) is 7.95. The highest BCUT2D eigenvalue weighted by atomic mass is 32.2. The number of nitrogen functional groups attached to an aromatic ring is 1. The Morgan fingerprint density at radius 2 is 1.70 bits per heavy atom. The number of hydrogen-bond donors (Lipinski definition) is 2. The largest absolute Gasteiger partial charge is 0.368 e. The van der Waals surface area contributed by atoms with Crippen LogP contribution in [-0.4, -0.2) is 37.6 Å². The van der Waals surface area contributed by atoms with Gasteiger partial charge in [0.1, 0.15) is 5.82 Å². The van der Waals surface area contributed by atoms with Crippen molar-refractivity contribution in [2.75, 3.05) is 5.73 Å². The summed E-state index contributed by atoms with van der Waals surface area (Å²) >= 11 is 0. The first-order valence-electron chi connectivity index (χ1n) is 10.4. The van der Waals surface area contributed by atoms with Crippen LogP contribution in [0.1, 0.15) is 13.8 Å². The molecule has 0 fully saturated rings. The molecule has 0 atom stereocenters. The number of hydrogen-bond acceptors (Lipinski definition) is 6. The summed E-state index contributed by atoms with van der Waals surface area (Å²) in [7, 11) is -3.70. The van der Waals surface area contributed by atoms with E-state index in [1.807, 2.05) is 48.5 Å². The second-order valence-corrected chi connectivity index (χ2v) is 10.3. The fourth-order valence-electron chi connectivity index (χ4n) is 3.73.